The van der Waals surface area contributed by atoms with Crippen LogP contribution in [-0.4, -0.2) is 18.1 Å². The first-order valence-corrected chi connectivity index (χ1v) is 5.28. The number of methoxy groups -OCH3 is 1. The molecule has 74 valence electrons. The second-order valence-electron chi connectivity index (χ2n) is 3.25. The predicted octanol–water partition coefficient (Wildman–Crippen LogP) is 2.12. The Bertz CT molecular complexity index is 390. The SMILES string of the molecule is COC(=O)c1c(Br)cnc2c1CCC2. The Morgan fingerprint density at radius 1 is 1.57 bits per heavy atom. The zero-order valence-electron chi connectivity index (χ0n) is 7.84. The van der Waals surface area contributed by atoms with Crippen molar-refractivity contribution >= 4 is 21.9 Å². The van der Waals surface area contributed by atoms with Gasteiger partial charge < -0.3 is 4.74 Å². The van der Waals surface area contributed by atoms with Gasteiger partial charge in [-0.25, -0.2) is 4.79 Å². The average molecular weight is 256 g/mol. The number of halogens is 1. The molecule has 0 fully saturated rings. The summed E-state index contributed by atoms with van der Waals surface area (Å²) in [7, 11) is 1.40. The van der Waals surface area contributed by atoms with Crippen LogP contribution in [0.15, 0.2) is 10.7 Å². The summed E-state index contributed by atoms with van der Waals surface area (Å²) in [5, 5.41) is 0. The summed E-state index contributed by atoms with van der Waals surface area (Å²) in [5.41, 5.74) is 2.73. The first-order valence-electron chi connectivity index (χ1n) is 4.48. The highest BCUT2D eigenvalue weighted by molar-refractivity contribution is 9.10. The van der Waals surface area contributed by atoms with Crippen LogP contribution in [0.1, 0.15) is 28.0 Å². The molecule has 1 heterocycles. The fraction of sp³-hybridized carbons (Fsp3) is 0.400. The number of esters is 1. The number of hydrogen-bond acceptors (Lipinski definition) is 3. The number of carbonyl (C=O) groups excluding carboxylic acids is 1. The van der Waals surface area contributed by atoms with Gasteiger partial charge in [0.15, 0.2) is 0 Å². The highest BCUT2D eigenvalue weighted by Crippen LogP contribution is 2.29. The number of nitrogens with zero attached hydrogens (tertiary/aromatic N) is 1. The zero-order valence-corrected chi connectivity index (χ0v) is 9.43. The van der Waals surface area contributed by atoms with Gasteiger partial charge in [0, 0.05) is 11.9 Å². The summed E-state index contributed by atoms with van der Waals surface area (Å²) in [4.78, 5) is 15.8. The molecule has 0 unspecified atom stereocenters. The van der Waals surface area contributed by atoms with Crippen LogP contribution >= 0.6 is 15.9 Å². The van der Waals surface area contributed by atoms with Gasteiger partial charge in [0.1, 0.15) is 0 Å². The van der Waals surface area contributed by atoms with Crippen LogP contribution in [0.25, 0.3) is 0 Å². The van der Waals surface area contributed by atoms with Crippen LogP contribution in [0.5, 0.6) is 0 Å². The number of ether oxygens (including phenoxy) is 1. The maximum Gasteiger partial charge on any atom is 0.339 e. The van der Waals surface area contributed by atoms with Gasteiger partial charge in [0.2, 0.25) is 0 Å². The molecule has 0 atom stereocenters. The van der Waals surface area contributed by atoms with Crippen LogP contribution in [0, 0.1) is 0 Å². The Morgan fingerprint density at radius 2 is 2.36 bits per heavy atom. The van der Waals surface area contributed by atoms with Gasteiger partial charge in [-0.2, -0.15) is 0 Å². The van der Waals surface area contributed by atoms with E-state index in [9.17, 15) is 4.79 Å². The van der Waals surface area contributed by atoms with Crippen LogP contribution in [-0.2, 0) is 17.6 Å². The number of hydrogen-bond donors (Lipinski definition) is 0. The van der Waals surface area contributed by atoms with Crippen molar-refractivity contribution < 1.29 is 9.53 Å². The lowest BCUT2D eigenvalue weighted by atomic mass is 10.1. The van der Waals surface area contributed by atoms with E-state index in [-0.39, 0.29) is 5.97 Å². The first-order chi connectivity index (χ1) is 6.74. The molecular formula is C10H10BrNO2. The summed E-state index contributed by atoms with van der Waals surface area (Å²) >= 11 is 3.33. The van der Waals surface area contributed by atoms with E-state index in [4.69, 9.17) is 4.74 Å². The Balaban J connectivity index is 2.57. The van der Waals surface area contributed by atoms with Gasteiger partial charge in [-0.05, 0) is 40.8 Å². The maximum absolute atomic E-state index is 11.5. The van der Waals surface area contributed by atoms with Crippen molar-refractivity contribution in [3.63, 3.8) is 0 Å². The third-order valence-corrected chi connectivity index (χ3v) is 3.05. The quantitative estimate of drug-likeness (QED) is 0.722. The van der Waals surface area contributed by atoms with Gasteiger partial charge in [0.25, 0.3) is 0 Å². The third-order valence-electron chi connectivity index (χ3n) is 2.45. The molecule has 0 spiro atoms. The van der Waals surface area contributed by atoms with E-state index >= 15 is 0 Å². The van der Waals surface area contributed by atoms with Crippen molar-refractivity contribution in [2.24, 2.45) is 0 Å². The van der Waals surface area contributed by atoms with E-state index in [1.54, 1.807) is 6.20 Å². The molecule has 0 saturated heterocycles. The van der Waals surface area contributed by atoms with Gasteiger partial charge in [-0.3, -0.25) is 4.98 Å². The third kappa shape index (κ3) is 1.43. The van der Waals surface area contributed by atoms with Gasteiger partial charge in [0.05, 0.1) is 17.1 Å². The summed E-state index contributed by atoms with van der Waals surface area (Å²) < 4.78 is 5.47. The van der Waals surface area contributed by atoms with Crippen molar-refractivity contribution in [2.45, 2.75) is 19.3 Å². The van der Waals surface area contributed by atoms with Gasteiger partial charge in [-0.15, -0.1) is 0 Å². The van der Waals surface area contributed by atoms with Gasteiger partial charge >= 0.3 is 5.97 Å². The van der Waals surface area contributed by atoms with Gasteiger partial charge in [-0.1, -0.05) is 0 Å². The molecule has 0 saturated carbocycles. The molecule has 0 aliphatic heterocycles. The lowest BCUT2D eigenvalue weighted by Gasteiger charge is -2.07. The molecule has 1 aromatic heterocycles. The second-order valence-corrected chi connectivity index (χ2v) is 4.11. The molecule has 1 aliphatic carbocycles. The minimum atomic E-state index is -0.280. The normalized spacial score (nSPS) is 13.9. The van der Waals surface area contributed by atoms with E-state index in [0.717, 1.165) is 35.0 Å². The molecular weight excluding hydrogens is 246 g/mol. The largest absolute Gasteiger partial charge is 0.465 e. The first kappa shape index (κ1) is 9.65. The van der Waals surface area contributed by atoms with Crippen molar-refractivity contribution in [3.8, 4) is 0 Å². The Hall–Kier alpha value is -0.900. The van der Waals surface area contributed by atoms with Crippen molar-refractivity contribution in [1.29, 1.82) is 0 Å². The van der Waals surface area contributed by atoms with E-state index in [1.165, 1.54) is 7.11 Å². The standard InChI is InChI=1S/C10H10BrNO2/c1-14-10(13)9-6-3-2-4-8(6)12-5-7(9)11/h5H,2-4H2,1H3. The highest BCUT2D eigenvalue weighted by Gasteiger charge is 2.23. The topological polar surface area (TPSA) is 39.2 Å². The molecule has 0 radical (unpaired) electrons. The number of fused-ring (bicyclic) bond motifs is 1. The van der Waals surface area contributed by atoms with Crippen molar-refractivity contribution in [1.82, 2.24) is 4.98 Å². The number of pyridine rings is 1. The number of aromatic nitrogens is 1. The summed E-state index contributed by atoms with van der Waals surface area (Å²) in [6.07, 6.45) is 4.64. The van der Waals surface area contributed by atoms with Crippen molar-refractivity contribution in [3.05, 3.63) is 27.5 Å². The average Bonchev–Trinajstić information content (AvgIpc) is 2.64. The summed E-state index contributed by atoms with van der Waals surface area (Å²) in [6.45, 7) is 0. The Kier molecular flexibility index (Phi) is 2.54. The lowest BCUT2D eigenvalue weighted by molar-refractivity contribution is 0.0598. The molecule has 0 amide bonds. The molecule has 4 heteroatoms. The Morgan fingerprint density at radius 3 is 3.07 bits per heavy atom. The highest BCUT2D eigenvalue weighted by atomic mass is 79.9. The van der Waals surface area contributed by atoms with E-state index in [2.05, 4.69) is 20.9 Å². The molecule has 14 heavy (non-hydrogen) atoms. The van der Waals surface area contributed by atoms with Crippen LogP contribution < -0.4 is 0 Å². The van der Waals surface area contributed by atoms with E-state index in [0.29, 0.717) is 5.56 Å². The summed E-state index contributed by atoms with van der Waals surface area (Å²) in [6, 6.07) is 0. The van der Waals surface area contributed by atoms with Crippen molar-refractivity contribution in [2.75, 3.05) is 7.11 Å². The molecule has 0 bridgehead atoms. The molecule has 3 nitrogen and oxygen atoms in total. The molecule has 1 aliphatic rings. The number of aryl methyl sites for hydroxylation is 1. The van der Waals surface area contributed by atoms with E-state index < -0.39 is 0 Å². The smallest absolute Gasteiger partial charge is 0.339 e. The van der Waals surface area contributed by atoms with Crippen LogP contribution in [0.3, 0.4) is 0 Å². The van der Waals surface area contributed by atoms with Crippen LogP contribution in [0.2, 0.25) is 0 Å². The molecule has 0 N–H and O–H groups in total. The zero-order chi connectivity index (χ0) is 10.1. The maximum atomic E-state index is 11.5. The Labute approximate surface area is 90.6 Å². The number of carbonyl (C=O) groups is 1. The van der Waals surface area contributed by atoms with Crippen LogP contribution in [0.4, 0.5) is 0 Å². The fourth-order valence-electron chi connectivity index (χ4n) is 1.81. The second kappa shape index (κ2) is 3.69. The minimum Gasteiger partial charge on any atom is -0.465 e. The molecule has 1 aromatic rings. The molecule has 2 rings (SSSR count). The summed E-state index contributed by atoms with van der Waals surface area (Å²) in [5.74, 6) is -0.280. The van der Waals surface area contributed by atoms with E-state index in [1.807, 2.05) is 0 Å². The monoisotopic (exact) mass is 255 g/mol. The predicted molar refractivity (Wildman–Crippen MR) is 55.3 cm³/mol. The fourth-order valence-corrected chi connectivity index (χ4v) is 2.31. The number of rotatable bonds is 1. The minimum absolute atomic E-state index is 0.280. The lowest BCUT2D eigenvalue weighted by Crippen LogP contribution is -2.07. The molecule has 0 aromatic carbocycles.